The lowest BCUT2D eigenvalue weighted by Crippen LogP contribution is -2.00. The number of hydrogen-bond donors (Lipinski definition) is 1. The predicted octanol–water partition coefficient (Wildman–Crippen LogP) is 4.46. The molecule has 1 heterocycles. The molecule has 1 N–H and O–H groups in total. The van der Waals surface area contributed by atoms with Crippen molar-refractivity contribution in [2.75, 3.05) is 5.32 Å². The smallest absolute Gasteiger partial charge is 0.224 e. The van der Waals surface area contributed by atoms with E-state index in [1.165, 1.54) is 0 Å². The Labute approximate surface area is 116 Å². The lowest BCUT2D eigenvalue weighted by atomic mass is 10.3. The molecule has 0 aliphatic carbocycles. The molecule has 8 heteroatoms. The van der Waals surface area contributed by atoms with Crippen LogP contribution in [0.4, 0.5) is 20.3 Å². The van der Waals surface area contributed by atoms with Crippen molar-refractivity contribution < 1.29 is 8.78 Å². The predicted molar refractivity (Wildman–Crippen MR) is 66.7 cm³/mol. The molecule has 0 bridgehead atoms. The first kappa shape index (κ1) is 13.3. The van der Waals surface area contributed by atoms with E-state index in [0.29, 0.717) is 0 Å². The van der Waals surface area contributed by atoms with E-state index in [-0.39, 0.29) is 26.8 Å². The third-order valence-electron chi connectivity index (χ3n) is 1.96. The van der Waals surface area contributed by atoms with Crippen LogP contribution < -0.4 is 5.32 Å². The van der Waals surface area contributed by atoms with Gasteiger partial charge in [-0.05, 0) is 23.7 Å². The topological polar surface area (TPSA) is 37.8 Å². The maximum atomic E-state index is 13.4. The minimum atomic E-state index is -0.740. The van der Waals surface area contributed by atoms with E-state index in [9.17, 15) is 8.78 Å². The number of aromatic nitrogens is 2. The average Bonchev–Trinajstić information content (AvgIpc) is 2.28. The van der Waals surface area contributed by atoms with Gasteiger partial charge in [-0.1, -0.05) is 23.2 Å². The van der Waals surface area contributed by atoms with E-state index >= 15 is 0 Å². The summed E-state index contributed by atoms with van der Waals surface area (Å²) in [6.07, 6.45) is 0.892. The van der Waals surface area contributed by atoms with Crippen molar-refractivity contribution in [2.24, 2.45) is 0 Å². The molecule has 0 saturated heterocycles. The zero-order valence-corrected chi connectivity index (χ0v) is 10.8. The SMILES string of the molecule is Fc1cc(Cl)c(Nc2nc(Cl)ncc2F)c(Cl)c1. The molecule has 3 nitrogen and oxygen atoms in total. The molecular formula is C10H4Cl3F2N3. The van der Waals surface area contributed by atoms with Crippen LogP contribution in [0, 0.1) is 11.6 Å². The van der Waals surface area contributed by atoms with Gasteiger partial charge < -0.3 is 5.32 Å². The van der Waals surface area contributed by atoms with Gasteiger partial charge in [0.15, 0.2) is 11.6 Å². The number of halogens is 5. The summed E-state index contributed by atoms with van der Waals surface area (Å²) in [5.74, 6) is -1.54. The normalized spacial score (nSPS) is 10.5. The van der Waals surface area contributed by atoms with E-state index in [2.05, 4.69) is 15.3 Å². The van der Waals surface area contributed by atoms with Gasteiger partial charge in [-0.2, -0.15) is 4.98 Å². The Morgan fingerprint density at radius 2 is 1.67 bits per heavy atom. The Bertz CT molecular complexity index is 584. The van der Waals surface area contributed by atoms with E-state index in [4.69, 9.17) is 34.8 Å². The molecule has 0 saturated carbocycles. The van der Waals surface area contributed by atoms with Gasteiger partial charge in [-0.15, -0.1) is 0 Å². The number of nitrogens with zero attached hydrogens (tertiary/aromatic N) is 2. The number of nitrogens with one attached hydrogen (secondary N) is 1. The summed E-state index contributed by atoms with van der Waals surface area (Å²) < 4.78 is 26.4. The minimum Gasteiger partial charge on any atom is -0.335 e. The molecule has 1 aromatic carbocycles. The molecule has 0 spiro atoms. The average molecular weight is 311 g/mol. The second-order valence-corrected chi connectivity index (χ2v) is 4.36. The molecule has 0 unspecified atom stereocenters. The summed E-state index contributed by atoms with van der Waals surface area (Å²) >= 11 is 17.1. The van der Waals surface area contributed by atoms with Crippen LogP contribution in [-0.4, -0.2) is 9.97 Å². The Kier molecular flexibility index (Phi) is 3.85. The van der Waals surface area contributed by atoms with Crippen molar-refractivity contribution in [1.29, 1.82) is 0 Å². The summed E-state index contributed by atoms with van der Waals surface area (Å²) in [7, 11) is 0. The van der Waals surface area contributed by atoms with Gasteiger partial charge in [-0.25, -0.2) is 13.8 Å². The highest BCUT2D eigenvalue weighted by Crippen LogP contribution is 2.33. The van der Waals surface area contributed by atoms with Gasteiger partial charge >= 0.3 is 0 Å². The van der Waals surface area contributed by atoms with Gasteiger partial charge in [0.05, 0.1) is 21.9 Å². The number of anilines is 2. The van der Waals surface area contributed by atoms with Crippen LogP contribution in [0.2, 0.25) is 15.3 Å². The molecule has 18 heavy (non-hydrogen) atoms. The second-order valence-electron chi connectivity index (χ2n) is 3.21. The second kappa shape index (κ2) is 5.22. The first-order valence-electron chi connectivity index (χ1n) is 4.57. The van der Waals surface area contributed by atoms with Crippen molar-refractivity contribution in [1.82, 2.24) is 9.97 Å². The maximum absolute atomic E-state index is 13.4. The van der Waals surface area contributed by atoms with Crippen molar-refractivity contribution in [3.05, 3.63) is 45.3 Å². The van der Waals surface area contributed by atoms with Gasteiger partial charge in [-0.3, -0.25) is 0 Å². The highest BCUT2D eigenvalue weighted by molar-refractivity contribution is 6.39. The minimum absolute atomic E-state index is 0.00543. The summed E-state index contributed by atoms with van der Waals surface area (Å²) in [5.41, 5.74) is 0.133. The largest absolute Gasteiger partial charge is 0.335 e. The third-order valence-corrected chi connectivity index (χ3v) is 2.74. The Balaban J connectivity index is 2.43. The van der Waals surface area contributed by atoms with Crippen LogP contribution in [0.3, 0.4) is 0 Å². The first-order valence-corrected chi connectivity index (χ1v) is 5.70. The fourth-order valence-corrected chi connectivity index (χ4v) is 1.90. The molecule has 0 aliphatic heterocycles. The van der Waals surface area contributed by atoms with Gasteiger partial charge in [0.25, 0.3) is 0 Å². The third kappa shape index (κ3) is 2.80. The van der Waals surface area contributed by atoms with Gasteiger partial charge in [0.2, 0.25) is 5.28 Å². The maximum Gasteiger partial charge on any atom is 0.224 e. The molecule has 0 fully saturated rings. The van der Waals surface area contributed by atoms with Gasteiger partial charge in [0, 0.05) is 0 Å². The van der Waals surface area contributed by atoms with Gasteiger partial charge in [0.1, 0.15) is 5.82 Å². The Morgan fingerprint density at radius 3 is 2.28 bits per heavy atom. The lowest BCUT2D eigenvalue weighted by molar-refractivity contribution is 0.618. The van der Waals surface area contributed by atoms with Crippen molar-refractivity contribution >= 4 is 46.3 Å². The zero-order chi connectivity index (χ0) is 13.3. The molecule has 94 valence electrons. The molecule has 1 aromatic heterocycles. The quantitative estimate of drug-likeness (QED) is 0.832. The Morgan fingerprint density at radius 1 is 1.06 bits per heavy atom. The summed E-state index contributed by atoms with van der Waals surface area (Å²) in [4.78, 5) is 7.08. The van der Waals surface area contributed by atoms with Crippen LogP contribution in [-0.2, 0) is 0 Å². The molecule has 0 amide bonds. The lowest BCUT2D eigenvalue weighted by Gasteiger charge is -2.10. The number of hydrogen-bond acceptors (Lipinski definition) is 3. The fourth-order valence-electron chi connectivity index (χ4n) is 1.21. The monoisotopic (exact) mass is 309 g/mol. The molecule has 0 atom stereocenters. The van der Waals surface area contributed by atoms with Crippen LogP contribution in [0.5, 0.6) is 0 Å². The molecular weight excluding hydrogens is 306 g/mol. The van der Waals surface area contributed by atoms with Crippen LogP contribution in [0.1, 0.15) is 0 Å². The van der Waals surface area contributed by atoms with Crippen LogP contribution in [0.25, 0.3) is 0 Å². The summed E-state index contributed by atoms with van der Waals surface area (Å²) in [6.45, 7) is 0. The molecule has 0 radical (unpaired) electrons. The standard InChI is InChI=1S/C10H4Cl3F2N3/c11-5-1-4(14)2-6(12)8(5)17-9-7(15)3-16-10(13)18-9/h1-3H,(H,16,17,18). The highest BCUT2D eigenvalue weighted by atomic mass is 35.5. The van der Waals surface area contributed by atoms with E-state index in [1.54, 1.807) is 0 Å². The van der Waals surface area contributed by atoms with E-state index < -0.39 is 11.6 Å². The number of benzene rings is 1. The Hall–Kier alpha value is -1.17. The summed E-state index contributed by atoms with van der Waals surface area (Å²) in [6, 6.07) is 2.08. The van der Waals surface area contributed by atoms with E-state index in [1.807, 2.05) is 0 Å². The van der Waals surface area contributed by atoms with Crippen LogP contribution >= 0.6 is 34.8 Å². The number of rotatable bonds is 2. The molecule has 2 aromatic rings. The van der Waals surface area contributed by atoms with Crippen molar-refractivity contribution in [3.63, 3.8) is 0 Å². The highest BCUT2D eigenvalue weighted by Gasteiger charge is 2.12. The zero-order valence-electron chi connectivity index (χ0n) is 8.52. The van der Waals surface area contributed by atoms with Crippen molar-refractivity contribution in [3.8, 4) is 0 Å². The van der Waals surface area contributed by atoms with Crippen LogP contribution in [0.15, 0.2) is 18.3 Å². The van der Waals surface area contributed by atoms with Crippen molar-refractivity contribution in [2.45, 2.75) is 0 Å². The first-order chi connectivity index (χ1) is 8.47. The van der Waals surface area contributed by atoms with E-state index in [0.717, 1.165) is 18.3 Å². The fraction of sp³-hybridized carbons (Fsp3) is 0. The summed E-state index contributed by atoms with van der Waals surface area (Å²) in [5, 5.41) is 2.38. The molecule has 2 rings (SSSR count). The molecule has 0 aliphatic rings.